The van der Waals surface area contributed by atoms with Gasteiger partial charge in [-0.25, -0.2) is 4.79 Å². The minimum Gasteiger partial charge on any atom is -0.444 e. The van der Waals surface area contributed by atoms with Crippen LogP contribution in [0.1, 0.15) is 50.7 Å². The third kappa shape index (κ3) is 5.28. The zero-order valence-corrected chi connectivity index (χ0v) is 16.6. The topological polar surface area (TPSA) is 38.3 Å². The third-order valence-corrected chi connectivity index (χ3v) is 5.42. The van der Waals surface area contributed by atoms with E-state index in [0.717, 1.165) is 19.3 Å². The number of carbonyl (C=O) groups is 1. The van der Waals surface area contributed by atoms with Gasteiger partial charge in [-0.05, 0) is 75.4 Å². The molecule has 138 valence electrons. The number of benzene rings is 2. The average molecular weight is 370 g/mol. The number of carbonyl (C=O) groups excluding carboxylic acids is 1. The lowest BCUT2D eigenvalue weighted by atomic mass is 9.83. The summed E-state index contributed by atoms with van der Waals surface area (Å²) >= 11 is 1.80. The van der Waals surface area contributed by atoms with Crippen molar-refractivity contribution in [1.82, 2.24) is 5.32 Å². The normalized spacial score (nSPS) is 16.7. The molecule has 3 rings (SSSR count). The van der Waals surface area contributed by atoms with Gasteiger partial charge in [0.25, 0.3) is 0 Å². The number of hydrogen-bond donors (Lipinski definition) is 1. The summed E-state index contributed by atoms with van der Waals surface area (Å²) in [5, 5.41) is 2.94. The molecule has 0 fully saturated rings. The lowest BCUT2D eigenvalue weighted by molar-refractivity contribution is 0.0523. The lowest BCUT2D eigenvalue weighted by Crippen LogP contribution is -2.35. The molecular weight excluding hydrogens is 342 g/mol. The van der Waals surface area contributed by atoms with Crippen LogP contribution in [-0.4, -0.2) is 18.2 Å². The first-order valence-electron chi connectivity index (χ1n) is 9.23. The summed E-state index contributed by atoms with van der Waals surface area (Å²) < 4.78 is 5.35. The van der Waals surface area contributed by atoms with Crippen molar-refractivity contribution in [1.29, 1.82) is 0 Å². The molecule has 1 amide bonds. The predicted molar refractivity (Wildman–Crippen MR) is 107 cm³/mol. The quantitative estimate of drug-likeness (QED) is 0.742. The molecule has 1 atom stereocenters. The number of amides is 1. The highest BCUT2D eigenvalue weighted by molar-refractivity contribution is 7.99. The van der Waals surface area contributed by atoms with Crippen molar-refractivity contribution in [3.05, 3.63) is 59.7 Å². The molecule has 26 heavy (non-hydrogen) atoms. The molecular formula is C22H27NO2S. The second-order valence-electron chi connectivity index (χ2n) is 7.75. The first-order valence-corrected chi connectivity index (χ1v) is 10.0. The van der Waals surface area contributed by atoms with E-state index in [4.69, 9.17) is 4.74 Å². The van der Waals surface area contributed by atoms with Crippen LogP contribution < -0.4 is 5.32 Å². The molecule has 0 heterocycles. The fourth-order valence-corrected chi connectivity index (χ4v) is 4.21. The molecule has 0 aromatic heterocycles. The maximum atomic E-state index is 11.9. The highest BCUT2D eigenvalue weighted by Gasteiger charge is 2.22. The molecule has 3 nitrogen and oxygen atoms in total. The highest BCUT2D eigenvalue weighted by Crippen LogP contribution is 2.35. The van der Waals surface area contributed by atoms with E-state index in [1.165, 1.54) is 20.9 Å². The SMILES string of the molecule is CC(C)(C)OC(=O)NCC1CCCc2cc(Sc3ccccc3)ccc21. The molecule has 0 saturated carbocycles. The van der Waals surface area contributed by atoms with Gasteiger partial charge in [-0.3, -0.25) is 0 Å². The fraction of sp³-hybridized carbons (Fsp3) is 0.409. The van der Waals surface area contributed by atoms with E-state index in [0.29, 0.717) is 12.5 Å². The number of ether oxygens (including phenoxy) is 1. The van der Waals surface area contributed by atoms with Crippen LogP contribution in [0.3, 0.4) is 0 Å². The van der Waals surface area contributed by atoms with Gasteiger partial charge in [0, 0.05) is 22.3 Å². The largest absolute Gasteiger partial charge is 0.444 e. The second-order valence-corrected chi connectivity index (χ2v) is 8.89. The van der Waals surface area contributed by atoms with Crippen LogP contribution >= 0.6 is 11.8 Å². The van der Waals surface area contributed by atoms with Crippen LogP contribution in [0.2, 0.25) is 0 Å². The molecule has 0 aliphatic heterocycles. The van der Waals surface area contributed by atoms with Gasteiger partial charge < -0.3 is 10.1 Å². The summed E-state index contributed by atoms with van der Waals surface area (Å²) in [6.45, 7) is 6.28. The Morgan fingerprint density at radius 2 is 1.92 bits per heavy atom. The van der Waals surface area contributed by atoms with Crippen LogP contribution in [0.15, 0.2) is 58.3 Å². The van der Waals surface area contributed by atoms with E-state index in [1.54, 1.807) is 11.8 Å². The molecule has 1 aliphatic rings. The summed E-state index contributed by atoms with van der Waals surface area (Å²) in [6, 6.07) is 17.2. The Morgan fingerprint density at radius 3 is 2.65 bits per heavy atom. The van der Waals surface area contributed by atoms with Crippen LogP contribution in [0.5, 0.6) is 0 Å². The minimum absolute atomic E-state index is 0.333. The first-order chi connectivity index (χ1) is 12.4. The van der Waals surface area contributed by atoms with Gasteiger partial charge in [0.15, 0.2) is 0 Å². The number of fused-ring (bicyclic) bond motifs is 1. The van der Waals surface area contributed by atoms with E-state index in [2.05, 4.69) is 47.8 Å². The van der Waals surface area contributed by atoms with Crippen molar-refractivity contribution in [2.45, 2.75) is 61.3 Å². The molecule has 2 aromatic carbocycles. The summed E-state index contributed by atoms with van der Waals surface area (Å²) in [6.07, 6.45) is 3.05. The summed E-state index contributed by atoms with van der Waals surface area (Å²) in [5.41, 5.74) is 2.32. The van der Waals surface area contributed by atoms with Crippen molar-refractivity contribution in [3.63, 3.8) is 0 Å². The van der Waals surface area contributed by atoms with Crippen LogP contribution in [0.4, 0.5) is 4.79 Å². The van der Waals surface area contributed by atoms with Gasteiger partial charge in [-0.15, -0.1) is 0 Å². The van der Waals surface area contributed by atoms with E-state index in [-0.39, 0.29) is 6.09 Å². The van der Waals surface area contributed by atoms with E-state index < -0.39 is 5.60 Å². The Bertz CT molecular complexity index is 752. The fourth-order valence-electron chi connectivity index (χ4n) is 3.31. The maximum absolute atomic E-state index is 11.9. The van der Waals surface area contributed by atoms with Gasteiger partial charge in [-0.1, -0.05) is 36.0 Å². The summed E-state index contributed by atoms with van der Waals surface area (Å²) in [4.78, 5) is 14.5. The number of alkyl carbamates (subject to hydrolysis) is 1. The summed E-state index contributed by atoms with van der Waals surface area (Å²) in [7, 11) is 0. The lowest BCUT2D eigenvalue weighted by Gasteiger charge is -2.27. The Morgan fingerprint density at radius 1 is 1.15 bits per heavy atom. The van der Waals surface area contributed by atoms with Gasteiger partial charge >= 0.3 is 6.09 Å². The molecule has 0 saturated heterocycles. The Kier molecular flexibility index (Phi) is 5.92. The van der Waals surface area contributed by atoms with Crippen molar-refractivity contribution < 1.29 is 9.53 Å². The summed E-state index contributed by atoms with van der Waals surface area (Å²) in [5.74, 6) is 0.363. The molecule has 1 aliphatic carbocycles. The van der Waals surface area contributed by atoms with Crippen molar-refractivity contribution >= 4 is 17.9 Å². The predicted octanol–water partition coefficient (Wildman–Crippen LogP) is 5.78. The van der Waals surface area contributed by atoms with Crippen molar-refractivity contribution in [2.75, 3.05) is 6.54 Å². The molecule has 0 bridgehead atoms. The first kappa shape index (κ1) is 18.8. The van der Waals surface area contributed by atoms with Crippen molar-refractivity contribution in [2.24, 2.45) is 0 Å². The number of rotatable bonds is 4. The van der Waals surface area contributed by atoms with Gasteiger partial charge in [0.05, 0.1) is 0 Å². The van der Waals surface area contributed by atoms with Gasteiger partial charge in [-0.2, -0.15) is 0 Å². The smallest absolute Gasteiger partial charge is 0.407 e. The number of aryl methyl sites for hydroxylation is 1. The molecule has 4 heteroatoms. The zero-order chi connectivity index (χ0) is 18.6. The van der Waals surface area contributed by atoms with Crippen LogP contribution in [-0.2, 0) is 11.2 Å². The standard InChI is InChI=1S/C22H27NO2S/c1-22(2,3)25-21(24)23-15-17-9-7-8-16-14-19(12-13-20(16)17)26-18-10-5-4-6-11-18/h4-6,10-14,17H,7-9,15H2,1-3H3,(H,23,24). The molecule has 1 unspecified atom stereocenters. The van der Waals surface area contributed by atoms with E-state index in [1.807, 2.05) is 26.8 Å². The van der Waals surface area contributed by atoms with E-state index in [9.17, 15) is 4.79 Å². The minimum atomic E-state index is -0.460. The maximum Gasteiger partial charge on any atom is 0.407 e. The second kappa shape index (κ2) is 8.17. The van der Waals surface area contributed by atoms with Gasteiger partial charge in [0.2, 0.25) is 0 Å². The zero-order valence-electron chi connectivity index (χ0n) is 15.7. The third-order valence-electron chi connectivity index (χ3n) is 4.42. The molecule has 0 spiro atoms. The average Bonchev–Trinajstić information content (AvgIpc) is 2.59. The Labute approximate surface area is 160 Å². The highest BCUT2D eigenvalue weighted by atomic mass is 32.2. The van der Waals surface area contributed by atoms with Crippen molar-refractivity contribution in [3.8, 4) is 0 Å². The Balaban J connectivity index is 1.65. The van der Waals surface area contributed by atoms with Crippen LogP contribution in [0, 0.1) is 0 Å². The van der Waals surface area contributed by atoms with Crippen LogP contribution in [0.25, 0.3) is 0 Å². The van der Waals surface area contributed by atoms with E-state index >= 15 is 0 Å². The monoisotopic (exact) mass is 369 g/mol. The molecule has 0 radical (unpaired) electrons. The molecule has 1 N–H and O–H groups in total. The van der Waals surface area contributed by atoms with Gasteiger partial charge in [0.1, 0.15) is 5.60 Å². The Hall–Kier alpha value is -1.94. The number of nitrogens with one attached hydrogen (secondary N) is 1. The molecule has 2 aromatic rings. The number of hydrogen-bond acceptors (Lipinski definition) is 3.